The fourth-order valence-corrected chi connectivity index (χ4v) is 2.33. The molecule has 0 aliphatic carbocycles. The van der Waals surface area contributed by atoms with Crippen LogP contribution in [0.5, 0.6) is 5.75 Å². The molecule has 0 atom stereocenters. The number of rotatable bonds is 7. The Bertz CT molecular complexity index is 392. The van der Waals surface area contributed by atoms with Crippen molar-refractivity contribution in [2.45, 2.75) is 26.3 Å². The van der Waals surface area contributed by atoms with Gasteiger partial charge in [0.1, 0.15) is 6.61 Å². The molecule has 0 amide bonds. The molecule has 106 valence electrons. The summed E-state index contributed by atoms with van der Waals surface area (Å²) in [5.74, 6) is 0.0938. The second kappa shape index (κ2) is 7.46. The van der Waals surface area contributed by atoms with Crippen LogP contribution in [0.2, 0.25) is 0 Å². The van der Waals surface area contributed by atoms with E-state index in [1.165, 1.54) is 12.8 Å². The molecule has 3 nitrogen and oxygen atoms in total. The summed E-state index contributed by atoms with van der Waals surface area (Å²) in [4.78, 5) is 2.36. The van der Waals surface area contributed by atoms with Crippen molar-refractivity contribution < 1.29 is 9.13 Å². The Balaban J connectivity index is 1.79. The lowest BCUT2D eigenvalue weighted by atomic mass is 10.2. The molecule has 0 radical (unpaired) electrons. The highest BCUT2D eigenvalue weighted by atomic mass is 19.1. The quantitative estimate of drug-likeness (QED) is 0.820. The van der Waals surface area contributed by atoms with Crippen LogP contribution in [-0.4, -0.2) is 37.7 Å². The van der Waals surface area contributed by atoms with E-state index in [0.717, 1.165) is 31.7 Å². The van der Waals surface area contributed by atoms with Crippen molar-refractivity contribution in [2.75, 3.05) is 32.8 Å². The second-order valence-electron chi connectivity index (χ2n) is 4.94. The summed E-state index contributed by atoms with van der Waals surface area (Å²) in [6.45, 7) is 7.35. The first kappa shape index (κ1) is 14.3. The Morgan fingerprint density at radius 2 is 2.11 bits per heavy atom. The summed E-state index contributed by atoms with van der Waals surface area (Å²) < 4.78 is 19.3. The van der Waals surface area contributed by atoms with E-state index in [1.54, 1.807) is 12.1 Å². The highest BCUT2D eigenvalue weighted by molar-refractivity contribution is 5.29. The Kier molecular flexibility index (Phi) is 5.61. The summed E-state index contributed by atoms with van der Waals surface area (Å²) in [7, 11) is 0. The Morgan fingerprint density at radius 3 is 2.79 bits per heavy atom. The SMILES string of the molecule is CCNCc1ccc(OCCN2CCCC2)c(F)c1. The van der Waals surface area contributed by atoms with Gasteiger partial charge in [0.15, 0.2) is 11.6 Å². The van der Waals surface area contributed by atoms with Gasteiger partial charge in [-0.15, -0.1) is 0 Å². The zero-order valence-corrected chi connectivity index (χ0v) is 11.6. The summed E-state index contributed by atoms with van der Waals surface area (Å²) >= 11 is 0. The van der Waals surface area contributed by atoms with Crippen LogP contribution in [-0.2, 0) is 6.54 Å². The van der Waals surface area contributed by atoms with Crippen molar-refractivity contribution in [3.8, 4) is 5.75 Å². The zero-order valence-electron chi connectivity index (χ0n) is 11.6. The highest BCUT2D eigenvalue weighted by Crippen LogP contribution is 2.18. The molecule has 1 N–H and O–H groups in total. The molecule has 0 saturated carbocycles. The molecule has 0 spiro atoms. The molecule has 1 aromatic carbocycles. The molecule has 4 heteroatoms. The van der Waals surface area contributed by atoms with Crippen molar-refractivity contribution in [1.29, 1.82) is 0 Å². The summed E-state index contributed by atoms with van der Waals surface area (Å²) in [6.07, 6.45) is 2.54. The van der Waals surface area contributed by atoms with E-state index in [1.807, 2.05) is 13.0 Å². The number of nitrogens with zero attached hydrogens (tertiary/aromatic N) is 1. The van der Waals surface area contributed by atoms with Crippen molar-refractivity contribution in [3.63, 3.8) is 0 Å². The van der Waals surface area contributed by atoms with Crippen molar-refractivity contribution in [1.82, 2.24) is 10.2 Å². The van der Waals surface area contributed by atoms with E-state index >= 15 is 0 Å². The fraction of sp³-hybridized carbons (Fsp3) is 0.600. The van der Waals surface area contributed by atoms with E-state index in [9.17, 15) is 4.39 Å². The number of nitrogens with one attached hydrogen (secondary N) is 1. The molecule has 1 saturated heterocycles. The van der Waals surface area contributed by atoms with Crippen molar-refractivity contribution in [3.05, 3.63) is 29.6 Å². The minimum atomic E-state index is -0.267. The molecule has 0 unspecified atom stereocenters. The number of hydrogen-bond donors (Lipinski definition) is 1. The molecule has 1 heterocycles. The van der Waals surface area contributed by atoms with Gasteiger partial charge in [-0.25, -0.2) is 4.39 Å². The number of benzene rings is 1. The summed E-state index contributed by atoms with van der Waals surface area (Å²) in [5.41, 5.74) is 0.950. The van der Waals surface area contributed by atoms with Crippen molar-refractivity contribution in [2.24, 2.45) is 0 Å². The largest absolute Gasteiger partial charge is 0.489 e. The van der Waals surface area contributed by atoms with Crippen LogP contribution in [0.1, 0.15) is 25.3 Å². The molecule has 0 bridgehead atoms. The monoisotopic (exact) mass is 266 g/mol. The lowest BCUT2D eigenvalue weighted by Crippen LogP contribution is -2.25. The van der Waals surface area contributed by atoms with Crippen molar-refractivity contribution >= 4 is 0 Å². The van der Waals surface area contributed by atoms with Gasteiger partial charge in [-0.1, -0.05) is 13.0 Å². The smallest absolute Gasteiger partial charge is 0.165 e. The number of halogens is 1. The molecular weight excluding hydrogens is 243 g/mol. The lowest BCUT2D eigenvalue weighted by molar-refractivity contribution is 0.231. The Morgan fingerprint density at radius 1 is 1.32 bits per heavy atom. The van der Waals surface area contributed by atoms with Crippen LogP contribution in [0.4, 0.5) is 4.39 Å². The van der Waals surface area contributed by atoms with Gasteiger partial charge in [-0.3, -0.25) is 4.90 Å². The molecular formula is C15H23FN2O. The van der Waals surface area contributed by atoms with Gasteiger partial charge < -0.3 is 10.1 Å². The normalized spacial score (nSPS) is 15.9. The van der Waals surface area contributed by atoms with Crippen LogP contribution >= 0.6 is 0 Å². The first-order valence-corrected chi connectivity index (χ1v) is 7.14. The minimum absolute atomic E-state index is 0.267. The highest BCUT2D eigenvalue weighted by Gasteiger charge is 2.11. The first-order valence-electron chi connectivity index (χ1n) is 7.14. The van der Waals surface area contributed by atoms with Gasteiger partial charge in [-0.05, 0) is 50.2 Å². The first-order chi connectivity index (χ1) is 9.29. The van der Waals surface area contributed by atoms with E-state index in [4.69, 9.17) is 4.74 Å². The predicted molar refractivity (Wildman–Crippen MR) is 74.9 cm³/mol. The van der Waals surface area contributed by atoms with Crippen LogP contribution < -0.4 is 10.1 Å². The third-order valence-electron chi connectivity index (χ3n) is 3.44. The predicted octanol–water partition coefficient (Wildman–Crippen LogP) is 2.41. The molecule has 1 aliphatic rings. The topological polar surface area (TPSA) is 24.5 Å². The Labute approximate surface area is 114 Å². The zero-order chi connectivity index (χ0) is 13.5. The number of ether oxygens (including phenoxy) is 1. The minimum Gasteiger partial charge on any atom is -0.489 e. The van der Waals surface area contributed by atoms with Gasteiger partial charge in [0.2, 0.25) is 0 Å². The molecule has 1 aliphatic heterocycles. The summed E-state index contributed by atoms with van der Waals surface area (Å²) in [6, 6.07) is 5.19. The molecule has 1 aromatic rings. The average molecular weight is 266 g/mol. The number of hydrogen-bond acceptors (Lipinski definition) is 3. The van der Waals surface area contributed by atoms with Gasteiger partial charge in [-0.2, -0.15) is 0 Å². The third-order valence-corrected chi connectivity index (χ3v) is 3.44. The molecule has 0 aromatic heterocycles. The number of likely N-dealkylation sites (tertiary alicyclic amines) is 1. The van der Waals surface area contributed by atoms with Crippen LogP contribution in [0.25, 0.3) is 0 Å². The lowest BCUT2D eigenvalue weighted by Gasteiger charge is -2.15. The van der Waals surface area contributed by atoms with E-state index in [2.05, 4.69) is 10.2 Å². The van der Waals surface area contributed by atoms with E-state index < -0.39 is 0 Å². The maximum Gasteiger partial charge on any atom is 0.165 e. The van der Waals surface area contributed by atoms with Gasteiger partial charge in [0.25, 0.3) is 0 Å². The molecule has 2 rings (SSSR count). The average Bonchev–Trinajstić information content (AvgIpc) is 2.92. The third kappa shape index (κ3) is 4.48. The summed E-state index contributed by atoms with van der Waals surface area (Å²) in [5, 5.41) is 3.18. The fourth-order valence-electron chi connectivity index (χ4n) is 2.33. The van der Waals surface area contributed by atoms with Crippen LogP contribution in [0.15, 0.2) is 18.2 Å². The molecule has 19 heavy (non-hydrogen) atoms. The van der Waals surface area contributed by atoms with Gasteiger partial charge in [0.05, 0.1) is 0 Å². The second-order valence-corrected chi connectivity index (χ2v) is 4.94. The maximum atomic E-state index is 13.8. The van der Waals surface area contributed by atoms with Crippen LogP contribution in [0, 0.1) is 5.82 Å². The van der Waals surface area contributed by atoms with E-state index in [-0.39, 0.29) is 5.82 Å². The molecule has 1 fully saturated rings. The van der Waals surface area contributed by atoms with Gasteiger partial charge >= 0.3 is 0 Å². The van der Waals surface area contributed by atoms with Crippen LogP contribution in [0.3, 0.4) is 0 Å². The van der Waals surface area contributed by atoms with Gasteiger partial charge in [0, 0.05) is 13.1 Å². The van der Waals surface area contributed by atoms with E-state index in [0.29, 0.717) is 18.9 Å². The Hall–Kier alpha value is -1.13. The standard InChI is InChI=1S/C15H23FN2O/c1-2-17-12-13-5-6-15(14(16)11-13)19-10-9-18-7-3-4-8-18/h5-6,11,17H,2-4,7-10,12H2,1H3. The maximum absolute atomic E-state index is 13.8.